The Balaban J connectivity index is 2.28. The molecule has 0 saturated carbocycles. The van der Waals surface area contributed by atoms with E-state index < -0.39 is 5.82 Å². The number of hydrogen-bond acceptors (Lipinski definition) is 2. The van der Waals surface area contributed by atoms with Crippen molar-refractivity contribution in [1.82, 2.24) is 0 Å². The highest BCUT2D eigenvalue weighted by Gasteiger charge is 2.14. The zero-order valence-electron chi connectivity index (χ0n) is 10.9. The highest BCUT2D eigenvalue weighted by molar-refractivity contribution is 6.05. The fraction of sp³-hybridized carbons (Fsp3) is 0.133. The zero-order chi connectivity index (χ0) is 14.0. The van der Waals surface area contributed by atoms with E-state index in [1.807, 2.05) is 31.2 Å². The fourth-order valence-electron chi connectivity index (χ4n) is 1.74. The Kier molecular flexibility index (Phi) is 3.51. The van der Waals surface area contributed by atoms with Crippen molar-refractivity contribution < 1.29 is 9.18 Å². The van der Waals surface area contributed by atoms with Crippen molar-refractivity contribution in [1.29, 1.82) is 0 Å². The molecule has 0 unspecified atom stereocenters. The molecular formula is C15H15FN2O. The van der Waals surface area contributed by atoms with Gasteiger partial charge in [0.25, 0.3) is 5.91 Å². The quantitative estimate of drug-likeness (QED) is 0.842. The number of nitrogens with zero attached hydrogens (tertiary/aromatic N) is 1. The first-order valence-electron chi connectivity index (χ1n) is 5.89. The van der Waals surface area contributed by atoms with Crippen LogP contribution in [0.1, 0.15) is 15.9 Å². The number of hydrogen-bond donors (Lipinski definition) is 1. The van der Waals surface area contributed by atoms with Gasteiger partial charge in [0.05, 0.1) is 5.69 Å². The van der Waals surface area contributed by atoms with E-state index in [1.54, 1.807) is 7.05 Å². The Morgan fingerprint density at radius 2 is 1.79 bits per heavy atom. The molecule has 0 aliphatic carbocycles. The van der Waals surface area contributed by atoms with Gasteiger partial charge >= 0.3 is 0 Å². The van der Waals surface area contributed by atoms with E-state index in [4.69, 9.17) is 5.73 Å². The summed E-state index contributed by atoms with van der Waals surface area (Å²) in [4.78, 5) is 13.7. The van der Waals surface area contributed by atoms with Crippen LogP contribution in [0.15, 0.2) is 42.5 Å². The molecule has 0 aliphatic heterocycles. The minimum atomic E-state index is -0.580. The van der Waals surface area contributed by atoms with Gasteiger partial charge in [-0.2, -0.15) is 0 Å². The highest BCUT2D eigenvalue weighted by atomic mass is 19.1. The molecule has 0 aliphatic rings. The largest absolute Gasteiger partial charge is 0.396 e. The summed E-state index contributed by atoms with van der Waals surface area (Å²) < 4.78 is 13.4. The molecule has 4 heteroatoms. The van der Waals surface area contributed by atoms with Crippen molar-refractivity contribution in [2.45, 2.75) is 6.92 Å². The standard InChI is InChI=1S/C15H15FN2O/c1-10-3-6-12(7-4-10)18(2)15(19)11-5-8-14(17)13(16)9-11/h3-9H,17H2,1-2H3. The Morgan fingerprint density at radius 3 is 2.37 bits per heavy atom. The molecule has 2 aromatic carbocycles. The van der Waals surface area contributed by atoms with Crippen LogP contribution in [-0.2, 0) is 0 Å². The van der Waals surface area contributed by atoms with E-state index in [9.17, 15) is 9.18 Å². The third-order valence-electron chi connectivity index (χ3n) is 2.97. The minimum Gasteiger partial charge on any atom is -0.396 e. The van der Waals surface area contributed by atoms with Crippen molar-refractivity contribution in [2.24, 2.45) is 0 Å². The second-order valence-corrected chi connectivity index (χ2v) is 4.44. The molecular weight excluding hydrogens is 243 g/mol. The van der Waals surface area contributed by atoms with Crippen LogP contribution in [0.25, 0.3) is 0 Å². The average Bonchev–Trinajstić information content (AvgIpc) is 2.41. The number of amides is 1. The summed E-state index contributed by atoms with van der Waals surface area (Å²) in [6, 6.07) is 11.6. The lowest BCUT2D eigenvalue weighted by atomic mass is 10.1. The van der Waals surface area contributed by atoms with Crippen LogP contribution >= 0.6 is 0 Å². The van der Waals surface area contributed by atoms with Gasteiger partial charge in [-0.1, -0.05) is 17.7 Å². The van der Waals surface area contributed by atoms with Gasteiger partial charge in [0.1, 0.15) is 5.82 Å². The van der Waals surface area contributed by atoms with Crippen LogP contribution in [-0.4, -0.2) is 13.0 Å². The van der Waals surface area contributed by atoms with Gasteiger partial charge in [0, 0.05) is 18.3 Å². The van der Waals surface area contributed by atoms with Gasteiger partial charge in [-0.15, -0.1) is 0 Å². The Morgan fingerprint density at radius 1 is 1.16 bits per heavy atom. The molecule has 0 saturated heterocycles. The van der Waals surface area contributed by atoms with E-state index in [0.29, 0.717) is 0 Å². The topological polar surface area (TPSA) is 46.3 Å². The van der Waals surface area contributed by atoms with Crippen LogP contribution in [0.5, 0.6) is 0 Å². The molecule has 2 N–H and O–H groups in total. The van der Waals surface area contributed by atoms with Crippen molar-refractivity contribution >= 4 is 17.3 Å². The number of carbonyl (C=O) groups excluding carboxylic acids is 1. The lowest BCUT2D eigenvalue weighted by Gasteiger charge is -2.17. The minimum absolute atomic E-state index is 0.0366. The smallest absolute Gasteiger partial charge is 0.258 e. The maximum Gasteiger partial charge on any atom is 0.258 e. The summed E-state index contributed by atoms with van der Waals surface area (Å²) in [5.41, 5.74) is 7.57. The number of rotatable bonds is 2. The zero-order valence-corrected chi connectivity index (χ0v) is 10.9. The van der Waals surface area contributed by atoms with Gasteiger partial charge in [0.15, 0.2) is 0 Å². The molecule has 0 aromatic heterocycles. The van der Waals surface area contributed by atoms with Gasteiger partial charge in [-0.25, -0.2) is 4.39 Å². The van der Waals surface area contributed by atoms with Crippen molar-refractivity contribution in [3.8, 4) is 0 Å². The normalized spacial score (nSPS) is 10.3. The Labute approximate surface area is 111 Å². The molecule has 0 bridgehead atoms. The summed E-state index contributed by atoms with van der Waals surface area (Å²) in [6.07, 6.45) is 0. The SMILES string of the molecule is Cc1ccc(N(C)C(=O)c2ccc(N)c(F)c2)cc1. The number of benzene rings is 2. The number of halogens is 1. The van der Waals surface area contributed by atoms with Crippen molar-refractivity contribution in [3.63, 3.8) is 0 Å². The Bertz CT molecular complexity index is 608. The van der Waals surface area contributed by atoms with Gasteiger partial charge in [-0.05, 0) is 37.3 Å². The second kappa shape index (κ2) is 5.10. The molecule has 3 nitrogen and oxygen atoms in total. The van der Waals surface area contributed by atoms with Gasteiger partial charge < -0.3 is 10.6 Å². The monoisotopic (exact) mass is 258 g/mol. The Hall–Kier alpha value is -2.36. The third kappa shape index (κ3) is 2.73. The number of nitrogen functional groups attached to an aromatic ring is 1. The molecule has 0 spiro atoms. The van der Waals surface area contributed by atoms with E-state index >= 15 is 0 Å². The van der Waals surface area contributed by atoms with E-state index in [-0.39, 0.29) is 17.2 Å². The third-order valence-corrected chi connectivity index (χ3v) is 2.97. The molecule has 2 aromatic rings. The first-order valence-corrected chi connectivity index (χ1v) is 5.89. The summed E-state index contributed by atoms with van der Waals surface area (Å²) in [7, 11) is 1.65. The summed E-state index contributed by atoms with van der Waals surface area (Å²) in [5.74, 6) is -0.856. The first-order chi connectivity index (χ1) is 8.99. The summed E-state index contributed by atoms with van der Waals surface area (Å²) >= 11 is 0. The van der Waals surface area contributed by atoms with Crippen LogP contribution in [0, 0.1) is 12.7 Å². The lowest BCUT2D eigenvalue weighted by Crippen LogP contribution is -2.26. The molecule has 1 amide bonds. The average molecular weight is 258 g/mol. The fourth-order valence-corrected chi connectivity index (χ4v) is 1.74. The van der Waals surface area contributed by atoms with Crippen LogP contribution in [0.3, 0.4) is 0 Å². The molecule has 0 fully saturated rings. The molecule has 19 heavy (non-hydrogen) atoms. The maximum absolute atomic E-state index is 13.4. The molecule has 0 radical (unpaired) electrons. The van der Waals surface area contributed by atoms with Crippen LogP contribution in [0.2, 0.25) is 0 Å². The molecule has 2 rings (SSSR count). The predicted octanol–water partition coefficient (Wildman–Crippen LogP) is 2.99. The summed E-state index contributed by atoms with van der Waals surface area (Å²) in [6.45, 7) is 1.97. The number of anilines is 2. The molecule has 98 valence electrons. The maximum atomic E-state index is 13.4. The van der Waals surface area contributed by atoms with Crippen LogP contribution in [0.4, 0.5) is 15.8 Å². The number of carbonyl (C=O) groups is 1. The lowest BCUT2D eigenvalue weighted by molar-refractivity contribution is 0.0992. The molecule has 0 atom stereocenters. The highest BCUT2D eigenvalue weighted by Crippen LogP contribution is 2.18. The first kappa shape index (κ1) is 13.1. The van der Waals surface area contributed by atoms with Gasteiger partial charge in [0.2, 0.25) is 0 Å². The second-order valence-electron chi connectivity index (χ2n) is 4.44. The van der Waals surface area contributed by atoms with Crippen LogP contribution < -0.4 is 10.6 Å². The van der Waals surface area contributed by atoms with E-state index in [2.05, 4.69) is 0 Å². The number of aryl methyl sites for hydroxylation is 1. The van der Waals surface area contributed by atoms with E-state index in [0.717, 1.165) is 17.3 Å². The van der Waals surface area contributed by atoms with Crippen molar-refractivity contribution in [2.75, 3.05) is 17.7 Å². The summed E-state index contributed by atoms with van der Waals surface area (Å²) in [5, 5.41) is 0. The van der Waals surface area contributed by atoms with Gasteiger partial charge in [-0.3, -0.25) is 4.79 Å². The molecule has 0 heterocycles. The predicted molar refractivity (Wildman–Crippen MR) is 74.7 cm³/mol. The number of nitrogens with two attached hydrogens (primary N) is 1. The van der Waals surface area contributed by atoms with Crippen molar-refractivity contribution in [3.05, 3.63) is 59.4 Å². The van der Waals surface area contributed by atoms with E-state index in [1.165, 1.54) is 17.0 Å².